The summed E-state index contributed by atoms with van der Waals surface area (Å²) in [5.74, 6) is 0.828. The second kappa shape index (κ2) is 7.45. The maximum absolute atomic E-state index is 12.7. The van der Waals surface area contributed by atoms with Crippen molar-refractivity contribution in [2.75, 3.05) is 13.7 Å². The minimum atomic E-state index is -0.480. The topological polar surface area (TPSA) is 62.7 Å². The molecule has 0 radical (unpaired) electrons. The molecule has 2 heterocycles. The van der Waals surface area contributed by atoms with Gasteiger partial charge in [0.05, 0.1) is 19.3 Å². The molecule has 1 aliphatic heterocycles. The van der Waals surface area contributed by atoms with Crippen LogP contribution >= 0.6 is 0 Å². The van der Waals surface area contributed by atoms with Gasteiger partial charge < -0.3 is 14.7 Å². The van der Waals surface area contributed by atoms with E-state index >= 15 is 0 Å². The Morgan fingerprint density at radius 3 is 2.88 bits per heavy atom. The predicted molar refractivity (Wildman–Crippen MR) is 90.6 cm³/mol. The average molecular weight is 326 g/mol. The van der Waals surface area contributed by atoms with Crippen molar-refractivity contribution in [3.63, 3.8) is 0 Å². The summed E-state index contributed by atoms with van der Waals surface area (Å²) in [5.41, 5.74) is 2.10. The van der Waals surface area contributed by atoms with Crippen LogP contribution in [0.4, 0.5) is 0 Å². The number of β-amino-alcohol motifs (C(OH)–C–C–N with tert-alkyl or cyclic N) is 1. The number of rotatable bonds is 5. The van der Waals surface area contributed by atoms with Crippen LogP contribution in [0.3, 0.4) is 0 Å². The maximum Gasteiger partial charge on any atom is 0.223 e. The lowest BCUT2D eigenvalue weighted by Crippen LogP contribution is -2.31. The maximum atomic E-state index is 12.7. The van der Waals surface area contributed by atoms with Crippen LogP contribution in [-0.4, -0.2) is 40.7 Å². The van der Waals surface area contributed by atoms with Crippen LogP contribution in [0, 0.1) is 0 Å². The molecule has 0 aliphatic carbocycles. The predicted octanol–water partition coefficient (Wildman–Crippen LogP) is 2.36. The molecular weight excluding hydrogens is 304 g/mol. The van der Waals surface area contributed by atoms with Crippen LogP contribution in [0.1, 0.15) is 30.0 Å². The number of ether oxygens (including phenoxy) is 1. The minimum Gasteiger partial charge on any atom is -0.497 e. The normalized spacial score (nSPS) is 20.2. The summed E-state index contributed by atoms with van der Waals surface area (Å²) in [6, 6.07) is 11.5. The van der Waals surface area contributed by atoms with Gasteiger partial charge in [0.2, 0.25) is 5.91 Å². The number of hydrogen-bond donors (Lipinski definition) is 1. The summed E-state index contributed by atoms with van der Waals surface area (Å²) in [6.07, 6.45) is 4.66. The van der Waals surface area contributed by atoms with Crippen LogP contribution in [-0.2, 0) is 11.2 Å². The molecule has 3 rings (SSSR count). The second-order valence-corrected chi connectivity index (χ2v) is 6.08. The summed E-state index contributed by atoms with van der Waals surface area (Å²) in [5, 5.41) is 10.1. The Hall–Kier alpha value is -2.40. The highest BCUT2D eigenvalue weighted by Gasteiger charge is 2.35. The van der Waals surface area contributed by atoms with Crippen molar-refractivity contribution in [2.45, 2.75) is 31.4 Å². The number of aromatic nitrogens is 1. The molecule has 0 unspecified atom stereocenters. The Morgan fingerprint density at radius 1 is 1.33 bits per heavy atom. The van der Waals surface area contributed by atoms with Gasteiger partial charge in [0, 0.05) is 25.4 Å². The monoisotopic (exact) mass is 326 g/mol. The van der Waals surface area contributed by atoms with Crippen molar-refractivity contribution in [3.05, 3.63) is 59.9 Å². The number of aliphatic hydroxyl groups is 1. The summed E-state index contributed by atoms with van der Waals surface area (Å²) >= 11 is 0. The molecule has 0 spiro atoms. The Balaban J connectivity index is 1.71. The van der Waals surface area contributed by atoms with Crippen molar-refractivity contribution in [2.24, 2.45) is 0 Å². The molecule has 1 aliphatic rings. The lowest BCUT2D eigenvalue weighted by molar-refractivity contribution is -0.132. The molecule has 2 aromatic rings. The summed E-state index contributed by atoms with van der Waals surface area (Å²) in [4.78, 5) is 18.5. The van der Waals surface area contributed by atoms with Gasteiger partial charge in [-0.05, 0) is 48.2 Å². The van der Waals surface area contributed by atoms with Crippen molar-refractivity contribution < 1.29 is 14.6 Å². The lowest BCUT2D eigenvalue weighted by Gasteiger charge is -2.25. The Morgan fingerprint density at radius 2 is 2.12 bits per heavy atom. The number of nitrogens with zero attached hydrogens (tertiary/aromatic N) is 2. The van der Waals surface area contributed by atoms with Crippen molar-refractivity contribution in [3.8, 4) is 5.75 Å². The molecule has 5 nitrogen and oxygen atoms in total. The lowest BCUT2D eigenvalue weighted by atomic mass is 10.0. The zero-order chi connectivity index (χ0) is 16.9. The first-order valence-corrected chi connectivity index (χ1v) is 8.18. The first kappa shape index (κ1) is 16.5. The van der Waals surface area contributed by atoms with E-state index in [9.17, 15) is 9.90 Å². The van der Waals surface area contributed by atoms with E-state index in [2.05, 4.69) is 4.98 Å². The van der Waals surface area contributed by atoms with Crippen molar-refractivity contribution in [1.29, 1.82) is 0 Å². The van der Waals surface area contributed by atoms with E-state index in [0.717, 1.165) is 16.9 Å². The molecule has 1 aromatic carbocycles. The fourth-order valence-corrected chi connectivity index (χ4v) is 3.20. The molecule has 0 saturated carbocycles. The van der Waals surface area contributed by atoms with E-state index in [4.69, 9.17) is 4.74 Å². The molecule has 2 atom stereocenters. The molecule has 24 heavy (non-hydrogen) atoms. The van der Waals surface area contributed by atoms with E-state index in [-0.39, 0.29) is 11.9 Å². The fraction of sp³-hybridized carbons (Fsp3) is 0.368. The smallest absolute Gasteiger partial charge is 0.223 e. The number of methoxy groups -OCH3 is 1. The third-order valence-corrected chi connectivity index (χ3v) is 4.45. The second-order valence-electron chi connectivity index (χ2n) is 6.08. The molecule has 1 saturated heterocycles. The van der Waals surface area contributed by atoms with Crippen LogP contribution in [0.5, 0.6) is 5.75 Å². The number of aliphatic hydroxyl groups excluding tert-OH is 1. The van der Waals surface area contributed by atoms with E-state index < -0.39 is 6.10 Å². The molecule has 5 heteroatoms. The SMILES string of the molecule is COc1cccc([C@H]2C[C@@H](O)CN2C(=O)CCc2ccncc2)c1. The minimum absolute atomic E-state index is 0.0659. The van der Waals surface area contributed by atoms with Gasteiger partial charge in [0.1, 0.15) is 5.75 Å². The van der Waals surface area contributed by atoms with Crippen molar-refractivity contribution in [1.82, 2.24) is 9.88 Å². The first-order chi connectivity index (χ1) is 11.7. The largest absolute Gasteiger partial charge is 0.497 e. The number of amides is 1. The highest BCUT2D eigenvalue weighted by Crippen LogP contribution is 2.34. The van der Waals surface area contributed by atoms with Gasteiger partial charge in [-0.15, -0.1) is 0 Å². The number of aryl methyl sites for hydroxylation is 1. The van der Waals surface area contributed by atoms with Crippen LogP contribution in [0.25, 0.3) is 0 Å². The quantitative estimate of drug-likeness (QED) is 0.916. The zero-order valence-electron chi connectivity index (χ0n) is 13.8. The van der Waals surface area contributed by atoms with Gasteiger partial charge >= 0.3 is 0 Å². The summed E-state index contributed by atoms with van der Waals surface area (Å²) in [6.45, 7) is 0.386. The highest BCUT2D eigenvalue weighted by molar-refractivity contribution is 5.77. The molecule has 1 fully saturated rings. The summed E-state index contributed by atoms with van der Waals surface area (Å²) in [7, 11) is 1.63. The van der Waals surface area contributed by atoms with Gasteiger partial charge in [-0.3, -0.25) is 9.78 Å². The van der Waals surface area contributed by atoms with Gasteiger partial charge in [0.25, 0.3) is 0 Å². The van der Waals surface area contributed by atoms with E-state index in [1.165, 1.54) is 0 Å². The third kappa shape index (κ3) is 3.74. The van der Waals surface area contributed by atoms with Crippen molar-refractivity contribution >= 4 is 5.91 Å². The van der Waals surface area contributed by atoms with Crippen LogP contribution in [0.15, 0.2) is 48.8 Å². The van der Waals surface area contributed by atoms with E-state index in [1.54, 1.807) is 24.4 Å². The Kier molecular flexibility index (Phi) is 5.11. The standard InChI is InChI=1S/C19H22N2O3/c1-24-17-4-2-3-15(11-17)18-12-16(22)13-21(18)19(23)6-5-14-7-9-20-10-8-14/h2-4,7-11,16,18,22H,5-6,12-13H2,1H3/t16-,18-/m1/s1. The van der Waals surface area contributed by atoms with Gasteiger partial charge in [-0.1, -0.05) is 12.1 Å². The highest BCUT2D eigenvalue weighted by atomic mass is 16.5. The van der Waals surface area contributed by atoms with Crippen LogP contribution < -0.4 is 4.74 Å². The Labute approximate surface area is 141 Å². The summed E-state index contributed by atoms with van der Waals surface area (Å²) < 4.78 is 5.27. The number of carbonyl (C=O) groups is 1. The van der Waals surface area contributed by atoms with Crippen LogP contribution in [0.2, 0.25) is 0 Å². The molecule has 1 amide bonds. The molecule has 1 aromatic heterocycles. The van der Waals surface area contributed by atoms with Gasteiger partial charge in [-0.25, -0.2) is 0 Å². The number of carbonyl (C=O) groups excluding carboxylic acids is 1. The average Bonchev–Trinajstić information content (AvgIpc) is 3.02. The molecule has 1 N–H and O–H groups in total. The number of likely N-dealkylation sites (tertiary alicyclic amines) is 1. The number of benzene rings is 1. The first-order valence-electron chi connectivity index (χ1n) is 8.18. The number of pyridine rings is 1. The third-order valence-electron chi connectivity index (χ3n) is 4.45. The van der Waals surface area contributed by atoms with E-state index in [1.807, 2.05) is 36.4 Å². The fourth-order valence-electron chi connectivity index (χ4n) is 3.20. The molecular formula is C19H22N2O3. The van der Waals surface area contributed by atoms with Gasteiger partial charge in [-0.2, -0.15) is 0 Å². The molecule has 126 valence electrons. The zero-order valence-corrected chi connectivity index (χ0v) is 13.8. The van der Waals surface area contributed by atoms with E-state index in [0.29, 0.717) is 25.8 Å². The number of hydrogen-bond acceptors (Lipinski definition) is 4. The Bertz CT molecular complexity index is 690. The van der Waals surface area contributed by atoms with Gasteiger partial charge in [0.15, 0.2) is 0 Å². The molecule has 0 bridgehead atoms.